The highest BCUT2D eigenvalue weighted by atomic mass is 35.5. The molecule has 1 aromatic carbocycles. The highest BCUT2D eigenvalue weighted by Gasteiger charge is 2.42. The lowest BCUT2D eigenvalue weighted by molar-refractivity contribution is -0.135. The Hall–Kier alpha value is -2.42. The first-order valence-corrected chi connectivity index (χ1v) is 10.4. The van der Waals surface area contributed by atoms with Gasteiger partial charge < -0.3 is 21.2 Å². The molecular weight excluding hydrogens is 404 g/mol. The Kier molecular flexibility index (Phi) is 5.57. The van der Waals surface area contributed by atoms with Crippen LogP contribution in [0.25, 0.3) is 0 Å². The molecule has 4 N–H and O–H groups in total. The van der Waals surface area contributed by atoms with Crippen LogP contribution in [0.1, 0.15) is 42.6 Å². The minimum atomic E-state index is -0.560. The second kappa shape index (κ2) is 8.02. The van der Waals surface area contributed by atoms with Crippen molar-refractivity contribution >= 4 is 34.7 Å². The van der Waals surface area contributed by atoms with Crippen molar-refractivity contribution in [2.75, 3.05) is 25.6 Å². The summed E-state index contributed by atoms with van der Waals surface area (Å²) in [7, 11) is 2.12. The van der Waals surface area contributed by atoms with Gasteiger partial charge in [0, 0.05) is 35.1 Å². The lowest BCUT2D eigenvalue weighted by atomic mass is 9.85. The Morgan fingerprint density at radius 2 is 2.07 bits per heavy atom. The maximum atomic E-state index is 12.0. The maximum absolute atomic E-state index is 12.0. The number of likely N-dealkylation sites (N-methyl/N-ethyl adjacent to an activating group) is 1. The number of halogens is 1. The third-order valence-electron chi connectivity index (χ3n) is 6.28. The number of anilines is 2. The molecule has 2 fully saturated rings. The van der Waals surface area contributed by atoms with Gasteiger partial charge in [-0.1, -0.05) is 11.6 Å². The van der Waals surface area contributed by atoms with Gasteiger partial charge in [-0.3, -0.25) is 14.4 Å². The van der Waals surface area contributed by atoms with Gasteiger partial charge in [0.05, 0.1) is 24.8 Å². The van der Waals surface area contributed by atoms with Crippen LogP contribution >= 0.6 is 11.6 Å². The number of hydrogen-bond acceptors (Lipinski definition) is 6. The second-order valence-electron chi connectivity index (χ2n) is 8.44. The van der Waals surface area contributed by atoms with Crippen molar-refractivity contribution in [2.24, 2.45) is 5.73 Å². The van der Waals surface area contributed by atoms with Crippen LogP contribution in [0, 0.1) is 5.41 Å². The summed E-state index contributed by atoms with van der Waals surface area (Å²) in [5.41, 5.74) is 7.29. The molecule has 1 aliphatic carbocycles. The molecule has 0 bridgehead atoms. The molecule has 1 amide bonds. The Morgan fingerprint density at radius 1 is 1.37 bits per heavy atom. The monoisotopic (exact) mass is 430 g/mol. The number of nitrogens with one attached hydrogen (secondary N) is 2. The minimum absolute atomic E-state index is 0.0539. The molecule has 1 saturated carbocycles. The van der Waals surface area contributed by atoms with E-state index in [9.17, 15) is 4.79 Å². The van der Waals surface area contributed by atoms with Crippen LogP contribution in [0.2, 0.25) is 5.02 Å². The van der Waals surface area contributed by atoms with Gasteiger partial charge in [-0.2, -0.15) is 5.10 Å². The Bertz CT molecular complexity index is 953. The third kappa shape index (κ3) is 3.95. The molecule has 1 aliphatic heterocycles. The summed E-state index contributed by atoms with van der Waals surface area (Å²) < 4.78 is 7.09. The fourth-order valence-electron chi connectivity index (χ4n) is 4.17. The first kappa shape index (κ1) is 20.8. The van der Waals surface area contributed by atoms with Gasteiger partial charge >= 0.3 is 0 Å². The molecule has 160 valence electrons. The first-order chi connectivity index (χ1) is 14.3. The molecule has 30 heavy (non-hydrogen) atoms. The number of hydrogen-bond donors (Lipinski definition) is 3. The summed E-state index contributed by atoms with van der Waals surface area (Å²) in [6, 6.07) is 7.25. The van der Waals surface area contributed by atoms with Gasteiger partial charge in [-0.05, 0) is 51.1 Å². The van der Waals surface area contributed by atoms with Crippen LogP contribution in [-0.4, -0.2) is 58.1 Å². The fourth-order valence-corrected chi connectivity index (χ4v) is 4.30. The highest BCUT2D eigenvalue weighted by molar-refractivity contribution is 6.30. The summed E-state index contributed by atoms with van der Waals surface area (Å²) in [4.78, 5) is 14.3. The van der Waals surface area contributed by atoms with Gasteiger partial charge in [0.2, 0.25) is 0 Å². The van der Waals surface area contributed by atoms with Gasteiger partial charge in [-0.25, -0.2) is 0 Å². The van der Waals surface area contributed by atoms with Crippen molar-refractivity contribution in [1.29, 1.82) is 5.41 Å². The number of amides is 1. The second-order valence-corrected chi connectivity index (χ2v) is 8.88. The van der Waals surface area contributed by atoms with Crippen molar-refractivity contribution in [3.8, 4) is 0 Å². The van der Waals surface area contributed by atoms with Gasteiger partial charge in [0.25, 0.3) is 5.91 Å². The van der Waals surface area contributed by atoms with E-state index in [1.165, 1.54) is 0 Å². The Balaban J connectivity index is 1.50. The predicted molar refractivity (Wildman–Crippen MR) is 117 cm³/mol. The first-order valence-electron chi connectivity index (χ1n) is 10.1. The van der Waals surface area contributed by atoms with Crippen LogP contribution in [-0.2, 0) is 4.74 Å². The summed E-state index contributed by atoms with van der Waals surface area (Å²) in [5.74, 6) is -0.174. The largest absolute Gasteiger partial charge is 0.377 e. The molecule has 2 heterocycles. The van der Waals surface area contributed by atoms with Crippen LogP contribution < -0.4 is 11.1 Å². The topological polar surface area (TPSA) is 109 Å². The highest BCUT2D eigenvalue weighted by Crippen LogP contribution is 2.34. The zero-order chi connectivity index (χ0) is 21.5. The van der Waals surface area contributed by atoms with E-state index < -0.39 is 5.91 Å². The minimum Gasteiger partial charge on any atom is -0.377 e. The number of carbonyl (C=O) groups is 1. The number of primary amides is 1. The molecule has 9 heteroatoms. The molecule has 1 aromatic heterocycles. The molecule has 4 rings (SSSR count). The van der Waals surface area contributed by atoms with E-state index in [-0.39, 0.29) is 11.6 Å². The Morgan fingerprint density at radius 3 is 2.63 bits per heavy atom. The number of rotatable bonds is 6. The number of benzene rings is 1. The van der Waals surface area contributed by atoms with Crippen LogP contribution in [0.5, 0.6) is 0 Å². The van der Waals surface area contributed by atoms with Gasteiger partial charge in [0.15, 0.2) is 5.82 Å². The van der Waals surface area contributed by atoms with E-state index in [4.69, 9.17) is 27.5 Å². The molecular formula is C21H27ClN6O2. The zero-order valence-electron chi connectivity index (χ0n) is 17.2. The van der Waals surface area contributed by atoms with Gasteiger partial charge in [-0.15, -0.1) is 0 Å². The van der Waals surface area contributed by atoms with E-state index in [1.807, 2.05) is 0 Å². The molecule has 2 atom stereocenters. The quantitative estimate of drug-likeness (QED) is 0.651. The summed E-state index contributed by atoms with van der Waals surface area (Å²) >= 11 is 5.94. The normalized spacial score (nSPS) is 23.3. The molecule has 2 aliphatic rings. The number of ether oxygens (including phenoxy) is 1. The fraction of sp³-hybridized carbons (Fsp3) is 0.476. The van der Waals surface area contributed by atoms with Crippen molar-refractivity contribution < 1.29 is 9.53 Å². The van der Waals surface area contributed by atoms with Gasteiger partial charge in [0.1, 0.15) is 5.56 Å². The lowest BCUT2D eigenvalue weighted by Gasteiger charge is -2.50. The van der Waals surface area contributed by atoms with Crippen molar-refractivity contribution in [3.05, 3.63) is 41.0 Å². The van der Waals surface area contributed by atoms with Crippen LogP contribution in [0.15, 0.2) is 30.5 Å². The standard InChI is InChI=1S/C21H27ClN6O2/c1-21(11-30-12-21)27(2)15-7-8-18(17(23)9-15)28-10-16(19(24)29)20(26-28)25-14-5-3-13(22)4-6-14/h3-6,10,15,18,23H,7-9,11-12H2,1-2H3,(H2,24,29)(H,25,26)/t15-,18?/m0/s1. The zero-order valence-corrected chi connectivity index (χ0v) is 17.9. The van der Waals surface area contributed by atoms with Crippen molar-refractivity contribution in [2.45, 2.75) is 43.8 Å². The molecule has 1 saturated heterocycles. The summed E-state index contributed by atoms with van der Waals surface area (Å²) in [6.07, 6.45) is 4.04. The number of nitrogens with zero attached hydrogens (tertiary/aromatic N) is 3. The smallest absolute Gasteiger partial charge is 0.254 e. The molecule has 1 unspecified atom stereocenters. The number of aromatic nitrogens is 2. The molecule has 0 radical (unpaired) electrons. The van der Waals surface area contributed by atoms with Crippen molar-refractivity contribution in [3.63, 3.8) is 0 Å². The number of nitrogens with two attached hydrogens (primary N) is 1. The van der Waals surface area contributed by atoms with E-state index >= 15 is 0 Å². The number of carbonyl (C=O) groups excluding carboxylic acids is 1. The Labute approximate surface area is 180 Å². The predicted octanol–water partition coefficient (Wildman–Crippen LogP) is 3.21. The molecule has 2 aromatic rings. The van der Waals surface area contributed by atoms with E-state index in [0.717, 1.165) is 31.7 Å². The SMILES string of the molecule is CN([C@H]1CCC(n2cc(C(N)=O)c(Nc3ccc(Cl)cc3)n2)C(=N)C1)C1(C)COC1. The van der Waals surface area contributed by atoms with Crippen molar-refractivity contribution in [1.82, 2.24) is 14.7 Å². The molecule has 0 spiro atoms. The van der Waals surface area contributed by atoms with E-state index in [0.29, 0.717) is 34.6 Å². The summed E-state index contributed by atoms with van der Waals surface area (Å²) in [6.45, 7) is 3.67. The third-order valence-corrected chi connectivity index (χ3v) is 6.53. The molecule has 8 nitrogen and oxygen atoms in total. The lowest BCUT2D eigenvalue weighted by Crippen LogP contribution is -2.62. The maximum Gasteiger partial charge on any atom is 0.254 e. The van der Waals surface area contributed by atoms with Crippen LogP contribution in [0.4, 0.5) is 11.5 Å². The average molecular weight is 431 g/mol. The van der Waals surface area contributed by atoms with E-state index in [1.54, 1.807) is 35.1 Å². The average Bonchev–Trinajstić information content (AvgIpc) is 3.11. The van der Waals surface area contributed by atoms with Crippen LogP contribution in [0.3, 0.4) is 0 Å². The summed E-state index contributed by atoms with van der Waals surface area (Å²) in [5, 5.41) is 17.0. The van der Waals surface area contributed by atoms with E-state index in [2.05, 4.69) is 29.3 Å².